The Hall–Kier alpha value is -1.51. The molecular formula is C13H19NO2. The molecule has 1 unspecified atom stereocenters. The van der Waals surface area contributed by atoms with E-state index < -0.39 is 5.97 Å². The van der Waals surface area contributed by atoms with E-state index in [1.807, 2.05) is 19.1 Å². The second-order valence-electron chi connectivity index (χ2n) is 4.13. The molecule has 0 amide bonds. The van der Waals surface area contributed by atoms with E-state index in [1.54, 1.807) is 0 Å². The van der Waals surface area contributed by atoms with Crippen molar-refractivity contribution in [3.8, 4) is 0 Å². The highest BCUT2D eigenvalue weighted by molar-refractivity contribution is 5.67. The van der Waals surface area contributed by atoms with Gasteiger partial charge < -0.3 is 10.4 Å². The Bertz CT molecular complexity index is 332. The number of hydrogen-bond acceptors (Lipinski definition) is 2. The molecule has 88 valence electrons. The van der Waals surface area contributed by atoms with Gasteiger partial charge >= 0.3 is 5.97 Å². The Balaban J connectivity index is 2.39. The summed E-state index contributed by atoms with van der Waals surface area (Å²) in [4.78, 5) is 10.5. The first kappa shape index (κ1) is 12.6. The number of carboxylic acid groups (broad SMARTS) is 1. The second kappa shape index (κ2) is 6.16. The van der Waals surface area contributed by atoms with Crippen molar-refractivity contribution < 1.29 is 9.90 Å². The summed E-state index contributed by atoms with van der Waals surface area (Å²) in [6, 6.07) is 8.24. The quantitative estimate of drug-likeness (QED) is 0.776. The molecule has 0 spiro atoms. The minimum atomic E-state index is -0.740. The van der Waals surface area contributed by atoms with Gasteiger partial charge in [0.15, 0.2) is 0 Å². The number of rotatable bonds is 6. The van der Waals surface area contributed by atoms with E-state index in [0.717, 1.165) is 12.1 Å². The van der Waals surface area contributed by atoms with Gasteiger partial charge in [-0.3, -0.25) is 4.79 Å². The van der Waals surface area contributed by atoms with Gasteiger partial charge in [-0.15, -0.1) is 0 Å². The number of hydrogen-bond donors (Lipinski definition) is 2. The van der Waals surface area contributed by atoms with Gasteiger partial charge in [0.05, 0.1) is 0 Å². The van der Waals surface area contributed by atoms with Gasteiger partial charge in [-0.2, -0.15) is 0 Å². The fraction of sp³-hybridized carbons (Fsp3) is 0.462. The lowest BCUT2D eigenvalue weighted by Gasteiger charge is -2.11. The fourth-order valence-corrected chi connectivity index (χ4v) is 1.52. The number of aryl methyl sites for hydroxylation is 1. The van der Waals surface area contributed by atoms with Gasteiger partial charge in [0.1, 0.15) is 0 Å². The molecule has 0 saturated heterocycles. The summed E-state index contributed by atoms with van der Waals surface area (Å²) >= 11 is 0. The van der Waals surface area contributed by atoms with E-state index in [0.29, 0.717) is 6.54 Å². The minimum absolute atomic E-state index is 0.142. The molecule has 3 nitrogen and oxygen atoms in total. The van der Waals surface area contributed by atoms with Crippen LogP contribution in [0.25, 0.3) is 0 Å². The zero-order valence-electron chi connectivity index (χ0n) is 9.86. The Morgan fingerprint density at radius 3 is 2.50 bits per heavy atom. The SMILES string of the molecule is CCc1ccc(NCC(C)CC(=O)O)cc1. The maximum atomic E-state index is 10.5. The summed E-state index contributed by atoms with van der Waals surface area (Å²) in [6.07, 6.45) is 1.25. The maximum absolute atomic E-state index is 10.5. The molecule has 0 radical (unpaired) electrons. The molecule has 0 aliphatic heterocycles. The van der Waals surface area contributed by atoms with Crippen LogP contribution in [0.1, 0.15) is 25.8 Å². The third-order valence-electron chi connectivity index (χ3n) is 2.54. The van der Waals surface area contributed by atoms with Gasteiger partial charge in [0.25, 0.3) is 0 Å². The number of nitrogens with one attached hydrogen (secondary N) is 1. The Labute approximate surface area is 96.5 Å². The second-order valence-corrected chi connectivity index (χ2v) is 4.13. The molecular weight excluding hydrogens is 202 g/mol. The summed E-state index contributed by atoms with van der Waals surface area (Å²) in [7, 11) is 0. The molecule has 16 heavy (non-hydrogen) atoms. The summed E-state index contributed by atoms with van der Waals surface area (Å²) in [5.74, 6) is -0.598. The van der Waals surface area contributed by atoms with Gasteiger partial charge in [-0.25, -0.2) is 0 Å². The van der Waals surface area contributed by atoms with Crippen LogP contribution in [0.5, 0.6) is 0 Å². The lowest BCUT2D eigenvalue weighted by Crippen LogP contribution is -2.14. The number of benzene rings is 1. The number of carboxylic acids is 1. The van der Waals surface area contributed by atoms with E-state index >= 15 is 0 Å². The molecule has 0 aliphatic carbocycles. The van der Waals surface area contributed by atoms with Crippen molar-refractivity contribution in [1.29, 1.82) is 0 Å². The van der Waals surface area contributed by atoms with Crippen molar-refractivity contribution in [2.75, 3.05) is 11.9 Å². The van der Waals surface area contributed by atoms with Gasteiger partial charge in [-0.1, -0.05) is 26.0 Å². The molecule has 0 aromatic heterocycles. The highest BCUT2D eigenvalue weighted by atomic mass is 16.4. The summed E-state index contributed by atoms with van der Waals surface area (Å²) in [6.45, 7) is 4.75. The third kappa shape index (κ3) is 4.34. The van der Waals surface area contributed by atoms with Crippen molar-refractivity contribution in [1.82, 2.24) is 0 Å². The van der Waals surface area contributed by atoms with Crippen LogP contribution in [0.4, 0.5) is 5.69 Å². The standard InChI is InChI=1S/C13H19NO2/c1-3-11-4-6-12(7-5-11)14-9-10(2)8-13(15)16/h4-7,10,14H,3,8-9H2,1-2H3,(H,15,16). The van der Waals surface area contributed by atoms with Crippen LogP contribution in [0.15, 0.2) is 24.3 Å². The van der Waals surface area contributed by atoms with Crippen LogP contribution >= 0.6 is 0 Å². The molecule has 1 aromatic rings. The summed E-state index contributed by atoms with van der Waals surface area (Å²) in [5.41, 5.74) is 2.36. The summed E-state index contributed by atoms with van der Waals surface area (Å²) < 4.78 is 0. The third-order valence-corrected chi connectivity index (χ3v) is 2.54. The first-order chi connectivity index (χ1) is 7.61. The average Bonchev–Trinajstić information content (AvgIpc) is 2.26. The molecule has 0 fully saturated rings. The Kier molecular flexibility index (Phi) is 4.83. The van der Waals surface area contributed by atoms with E-state index in [2.05, 4.69) is 24.4 Å². The van der Waals surface area contributed by atoms with E-state index in [1.165, 1.54) is 5.56 Å². The van der Waals surface area contributed by atoms with Gasteiger partial charge in [0.2, 0.25) is 0 Å². The molecule has 0 aliphatic rings. The predicted molar refractivity (Wildman–Crippen MR) is 65.7 cm³/mol. The van der Waals surface area contributed by atoms with Crippen LogP contribution in [-0.4, -0.2) is 17.6 Å². The number of aliphatic carboxylic acids is 1. The normalized spacial score (nSPS) is 12.1. The lowest BCUT2D eigenvalue weighted by atomic mass is 10.1. The maximum Gasteiger partial charge on any atom is 0.303 e. The van der Waals surface area contributed by atoms with Crippen LogP contribution in [0, 0.1) is 5.92 Å². The largest absolute Gasteiger partial charge is 0.481 e. The van der Waals surface area contributed by atoms with Crippen LogP contribution < -0.4 is 5.32 Å². The predicted octanol–water partition coefficient (Wildman–Crippen LogP) is 2.77. The lowest BCUT2D eigenvalue weighted by molar-refractivity contribution is -0.137. The van der Waals surface area contributed by atoms with Crippen molar-refractivity contribution in [3.05, 3.63) is 29.8 Å². The molecule has 0 saturated carbocycles. The zero-order chi connectivity index (χ0) is 12.0. The average molecular weight is 221 g/mol. The zero-order valence-corrected chi connectivity index (χ0v) is 9.86. The van der Waals surface area contributed by atoms with Crippen molar-refractivity contribution in [3.63, 3.8) is 0 Å². The molecule has 1 aromatic carbocycles. The highest BCUT2D eigenvalue weighted by Crippen LogP contribution is 2.11. The molecule has 0 bridgehead atoms. The molecule has 1 atom stereocenters. The van der Waals surface area contributed by atoms with E-state index in [9.17, 15) is 4.79 Å². The van der Waals surface area contributed by atoms with Gasteiger partial charge in [0, 0.05) is 18.7 Å². The topological polar surface area (TPSA) is 49.3 Å². The van der Waals surface area contributed by atoms with E-state index in [-0.39, 0.29) is 12.3 Å². The Morgan fingerprint density at radius 2 is 2.00 bits per heavy atom. The first-order valence-electron chi connectivity index (χ1n) is 5.66. The van der Waals surface area contributed by atoms with E-state index in [4.69, 9.17) is 5.11 Å². The highest BCUT2D eigenvalue weighted by Gasteiger charge is 2.06. The number of carbonyl (C=O) groups is 1. The van der Waals surface area contributed by atoms with Crippen molar-refractivity contribution in [2.45, 2.75) is 26.7 Å². The van der Waals surface area contributed by atoms with Gasteiger partial charge in [-0.05, 0) is 30.0 Å². The fourth-order valence-electron chi connectivity index (χ4n) is 1.52. The molecule has 0 heterocycles. The van der Waals surface area contributed by atoms with Crippen molar-refractivity contribution in [2.24, 2.45) is 5.92 Å². The molecule has 1 rings (SSSR count). The first-order valence-corrected chi connectivity index (χ1v) is 5.66. The van der Waals surface area contributed by atoms with Crippen LogP contribution in [0.2, 0.25) is 0 Å². The number of anilines is 1. The smallest absolute Gasteiger partial charge is 0.303 e. The van der Waals surface area contributed by atoms with Crippen LogP contribution in [0.3, 0.4) is 0 Å². The molecule has 3 heteroatoms. The Morgan fingerprint density at radius 1 is 1.38 bits per heavy atom. The minimum Gasteiger partial charge on any atom is -0.481 e. The summed E-state index contributed by atoms with van der Waals surface area (Å²) in [5, 5.41) is 11.9. The monoisotopic (exact) mass is 221 g/mol. The van der Waals surface area contributed by atoms with Crippen LogP contribution in [-0.2, 0) is 11.2 Å². The van der Waals surface area contributed by atoms with Crippen molar-refractivity contribution >= 4 is 11.7 Å². The molecule has 2 N–H and O–H groups in total.